The molecule has 1 aliphatic rings. The molecule has 0 radical (unpaired) electrons. The van der Waals surface area contributed by atoms with E-state index in [0.717, 1.165) is 25.5 Å². The second-order valence-corrected chi connectivity index (χ2v) is 5.60. The van der Waals surface area contributed by atoms with Gasteiger partial charge in [-0.25, -0.2) is 8.78 Å². The van der Waals surface area contributed by atoms with E-state index in [-0.39, 0.29) is 12.1 Å². The van der Waals surface area contributed by atoms with Crippen molar-refractivity contribution >= 4 is 0 Å². The third-order valence-corrected chi connectivity index (χ3v) is 4.21. The molecule has 3 unspecified atom stereocenters. The molecule has 3 atom stereocenters. The average Bonchev–Trinajstić information content (AvgIpc) is 2.37. The lowest BCUT2D eigenvalue weighted by atomic mass is 9.90. The Bertz CT molecular complexity index is 436. The molecule has 106 valence electrons. The van der Waals surface area contributed by atoms with Gasteiger partial charge >= 0.3 is 0 Å². The number of benzene rings is 1. The highest BCUT2D eigenvalue weighted by atomic mass is 19.1. The van der Waals surface area contributed by atoms with Crippen molar-refractivity contribution in [3.8, 4) is 0 Å². The van der Waals surface area contributed by atoms with Gasteiger partial charge in [0.05, 0.1) is 0 Å². The molecular weight excluding hydrogens is 246 g/mol. The molecule has 1 heterocycles. The normalized spacial score (nSPS) is 26.4. The molecule has 1 aromatic carbocycles. The maximum Gasteiger partial charge on any atom is 0.130 e. The molecule has 4 heteroatoms. The second-order valence-electron chi connectivity index (χ2n) is 5.60. The van der Waals surface area contributed by atoms with Gasteiger partial charge in [0.15, 0.2) is 0 Å². The Balaban J connectivity index is 2.20. The minimum atomic E-state index is -0.531. The highest BCUT2D eigenvalue weighted by molar-refractivity contribution is 5.22. The van der Waals surface area contributed by atoms with E-state index >= 15 is 0 Å². The van der Waals surface area contributed by atoms with Crippen LogP contribution in [0.4, 0.5) is 8.78 Å². The van der Waals surface area contributed by atoms with Crippen molar-refractivity contribution in [3.63, 3.8) is 0 Å². The van der Waals surface area contributed by atoms with Gasteiger partial charge in [-0.05, 0) is 38.3 Å². The summed E-state index contributed by atoms with van der Waals surface area (Å²) in [5.74, 6) is -0.340. The van der Waals surface area contributed by atoms with Crippen molar-refractivity contribution in [3.05, 3.63) is 35.4 Å². The first-order valence-corrected chi connectivity index (χ1v) is 6.93. The molecule has 0 bridgehead atoms. The largest absolute Gasteiger partial charge is 0.329 e. The summed E-state index contributed by atoms with van der Waals surface area (Å²) in [5, 5.41) is 0. The average molecular weight is 268 g/mol. The molecule has 1 aromatic rings. The molecule has 2 nitrogen and oxygen atoms in total. The van der Waals surface area contributed by atoms with Crippen LogP contribution in [0.3, 0.4) is 0 Å². The quantitative estimate of drug-likeness (QED) is 0.912. The van der Waals surface area contributed by atoms with Crippen LogP contribution < -0.4 is 5.73 Å². The summed E-state index contributed by atoms with van der Waals surface area (Å²) in [4.78, 5) is 2.25. The van der Waals surface area contributed by atoms with Gasteiger partial charge in [-0.2, -0.15) is 0 Å². The Hall–Kier alpha value is -1.00. The number of rotatable bonds is 3. The lowest BCUT2D eigenvalue weighted by Gasteiger charge is -2.42. The summed E-state index contributed by atoms with van der Waals surface area (Å²) in [7, 11) is 0. The molecule has 0 aliphatic carbocycles. The van der Waals surface area contributed by atoms with Crippen LogP contribution in [0.15, 0.2) is 18.2 Å². The molecule has 1 saturated heterocycles. The predicted octanol–water partition coefficient (Wildman–Crippen LogP) is 3.09. The van der Waals surface area contributed by atoms with Crippen LogP contribution in [0.2, 0.25) is 0 Å². The zero-order chi connectivity index (χ0) is 14.0. The molecule has 19 heavy (non-hydrogen) atoms. The van der Waals surface area contributed by atoms with Crippen molar-refractivity contribution in [1.82, 2.24) is 4.90 Å². The van der Waals surface area contributed by atoms with Crippen LogP contribution in [-0.2, 0) is 0 Å². The first kappa shape index (κ1) is 14.4. The van der Waals surface area contributed by atoms with E-state index in [2.05, 4.69) is 11.8 Å². The summed E-state index contributed by atoms with van der Waals surface area (Å²) in [6, 6.07) is 4.03. The zero-order valence-electron chi connectivity index (χ0n) is 11.6. The number of hydrogen-bond donors (Lipinski definition) is 1. The summed E-state index contributed by atoms with van der Waals surface area (Å²) in [5.41, 5.74) is 6.39. The Morgan fingerprint density at radius 2 is 2.16 bits per heavy atom. The Morgan fingerprint density at radius 1 is 1.42 bits per heavy atom. The van der Waals surface area contributed by atoms with Crippen LogP contribution >= 0.6 is 0 Å². The molecule has 0 aromatic heterocycles. The molecule has 1 aliphatic heterocycles. The van der Waals surface area contributed by atoms with E-state index in [9.17, 15) is 8.78 Å². The van der Waals surface area contributed by atoms with Crippen LogP contribution in [-0.4, -0.2) is 24.0 Å². The number of halogens is 2. The number of hydrogen-bond acceptors (Lipinski definition) is 2. The minimum Gasteiger partial charge on any atom is -0.329 e. The number of nitrogens with zero attached hydrogens (tertiary/aromatic N) is 1. The third-order valence-electron chi connectivity index (χ3n) is 4.21. The maximum atomic E-state index is 13.9. The highest BCUT2D eigenvalue weighted by Crippen LogP contribution is 2.31. The minimum absolute atomic E-state index is 0.0679. The second kappa shape index (κ2) is 5.97. The van der Waals surface area contributed by atoms with Crippen LogP contribution in [0.25, 0.3) is 0 Å². The van der Waals surface area contributed by atoms with Crippen LogP contribution in [0, 0.1) is 17.6 Å². The molecule has 0 saturated carbocycles. The van der Waals surface area contributed by atoms with E-state index in [4.69, 9.17) is 5.73 Å². The van der Waals surface area contributed by atoms with Gasteiger partial charge < -0.3 is 5.73 Å². The summed E-state index contributed by atoms with van der Waals surface area (Å²) >= 11 is 0. The first-order chi connectivity index (χ1) is 9.02. The summed E-state index contributed by atoms with van der Waals surface area (Å²) in [6.45, 7) is 5.69. The first-order valence-electron chi connectivity index (χ1n) is 6.93. The lowest BCUT2D eigenvalue weighted by Crippen LogP contribution is -2.47. The fraction of sp³-hybridized carbons (Fsp3) is 0.600. The van der Waals surface area contributed by atoms with Crippen LogP contribution in [0.1, 0.15) is 38.3 Å². The highest BCUT2D eigenvalue weighted by Gasteiger charge is 2.30. The van der Waals surface area contributed by atoms with E-state index in [1.54, 1.807) is 6.07 Å². The number of nitrogens with two attached hydrogens (primary N) is 1. The fourth-order valence-electron chi connectivity index (χ4n) is 3.03. The number of likely N-dealkylation sites (tertiary alicyclic amines) is 1. The van der Waals surface area contributed by atoms with Gasteiger partial charge in [0.25, 0.3) is 0 Å². The van der Waals surface area contributed by atoms with E-state index < -0.39 is 11.6 Å². The van der Waals surface area contributed by atoms with Crippen molar-refractivity contribution < 1.29 is 8.78 Å². The molecule has 2 rings (SSSR count). The predicted molar refractivity (Wildman–Crippen MR) is 72.7 cm³/mol. The Morgan fingerprint density at radius 3 is 2.79 bits per heavy atom. The summed E-state index contributed by atoms with van der Waals surface area (Å²) < 4.78 is 26.8. The van der Waals surface area contributed by atoms with Crippen molar-refractivity contribution in [2.45, 2.75) is 38.8 Å². The maximum absolute atomic E-state index is 13.9. The van der Waals surface area contributed by atoms with Gasteiger partial charge in [-0.3, -0.25) is 4.90 Å². The van der Waals surface area contributed by atoms with Gasteiger partial charge in [0, 0.05) is 30.3 Å². The smallest absolute Gasteiger partial charge is 0.130 e. The van der Waals surface area contributed by atoms with Crippen molar-refractivity contribution in [2.24, 2.45) is 11.7 Å². The Kier molecular flexibility index (Phi) is 4.53. The van der Waals surface area contributed by atoms with E-state index in [0.29, 0.717) is 18.0 Å². The monoisotopic (exact) mass is 268 g/mol. The molecule has 0 amide bonds. The van der Waals surface area contributed by atoms with Crippen LogP contribution in [0.5, 0.6) is 0 Å². The standard InChI is InChI=1S/C15H22F2N2/c1-10-5-6-19(13(7-10)9-18)11(2)14-4-3-12(16)8-15(14)17/h3-4,8,10-11,13H,5-7,9,18H2,1-2H3. The molecule has 2 N–H and O–H groups in total. The topological polar surface area (TPSA) is 29.3 Å². The lowest BCUT2D eigenvalue weighted by molar-refractivity contribution is 0.0818. The van der Waals surface area contributed by atoms with Gasteiger partial charge in [-0.1, -0.05) is 13.0 Å². The Labute approximate surface area is 113 Å². The van der Waals surface area contributed by atoms with E-state index in [1.807, 2.05) is 6.92 Å². The molecule has 0 spiro atoms. The number of piperidine rings is 1. The van der Waals surface area contributed by atoms with Crippen molar-refractivity contribution in [2.75, 3.05) is 13.1 Å². The SMILES string of the molecule is CC1CCN(C(C)c2ccc(F)cc2F)C(CN)C1. The fourth-order valence-corrected chi connectivity index (χ4v) is 3.03. The van der Waals surface area contributed by atoms with Crippen molar-refractivity contribution in [1.29, 1.82) is 0 Å². The molecular formula is C15H22F2N2. The third kappa shape index (κ3) is 3.12. The van der Waals surface area contributed by atoms with Gasteiger partial charge in [-0.15, -0.1) is 0 Å². The van der Waals surface area contributed by atoms with Gasteiger partial charge in [0.1, 0.15) is 11.6 Å². The summed E-state index contributed by atoms with van der Waals surface area (Å²) in [6.07, 6.45) is 2.15. The van der Waals surface area contributed by atoms with E-state index in [1.165, 1.54) is 6.07 Å². The molecule has 1 fully saturated rings. The zero-order valence-corrected chi connectivity index (χ0v) is 11.6. The van der Waals surface area contributed by atoms with Gasteiger partial charge in [0.2, 0.25) is 0 Å².